The number of rotatable bonds is 1. The van der Waals surface area contributed by atoms with Gasteiger partial charge in [0.1, 0.15) is 18.1 Å². The second-order valence-corrected chi connectivity index (χ2v) is 5.24. The minimum Gasteiger partial charge on any atom is -0.310 e. The predicted octanol–water partition coefficient (Wildman–Crippen LogP) is 1.83. The van der Waals surface area contributed by atoms with Crippen LogP contribution in [0.2, 0.25) is 0 Å². The molecule has 1 aliphatic rings. The van der Waals surface area contributed by atoms with Gasteiger partial charge in [0.05, 0.1) is 11.2 Å². The SMILES string of the molecule is Cc1cn2ncnc(C3C(=O)Nc4ncccc43)c2c1C. The van der Waals surface area contributed by atoms with E-state index in [-0.39, 0.29) is 5.91 Å². The molecule has 21 heavy (non-hydrogen) atoms. The Balaban J connectivity index is 2.01. The van der Waals surface area contributed by atoms with Gasteiger partial charge in [0.15, 0.2) is 0 Å². The molecule has 4 rings (SSSR count). The highest BCUT2D eigenvalue weighted by Crippen LogP contribution is 2.37. The van der Waals surface area contributed by atoms with Gasteiger partial charge in [-0.3, -0.25) is 4.79 Å². The molecule has 0 saturated carbocycles. The van der Waals surface area contributed by atoms with Crippen molar-refractivity contribution in [3.05, 3.63) is 53.2 Å². The molecule has 3 aromatic heterocycles. The van der Waals surface area contributed by atoms with Crippen molar-refractivity contribution >= 4 is 17.2 Å². The number of hydrogen-bond acceptors (Lipinski definition) is 4. The van der Waals surface area contributed by atoms with Crippen LogP contribution in [-0.2, 0) is 4.79 Å². The van der Waals surface area contributed by atoms with Gasteiger partial charge in [-0.15, -0.1) is 0 Å². The van der Waals surface area contributed by atoms with E-state index in [2.05, 4.69) is 20.4 Å². The van der Waals surface area contributed by atoms with Crippen molar-refractivity contribution in [2.24, 2.45) is 0 Å². The van der Waals surface area contributed by atoms with Crippen LogP contribution >= 0.6 is 0 Å². The Morgan fingerprint density at radius 2 is 2.14 bits per heavy atom. The van der Waals surface area contributed by atoms with E-state index in [4.69, 9.17) is 0 Å². The molecule has 0 aromatic carbocycles. The van der Waals surface area contributed by atoms with Crippen LogP contribution in [0, 0.1) is 13.8 Å². The summed E-state index contributed by atoms with van der Waals surface area (Å²) in [5.74, 6) is 0.0833. The fraction of sp³-hybridized carbons (Fsp3) is 0.200. The third-order valence-corrected chi connectivity index (χ3v) is 4.03. The van der Waals surface area contributed by atoms with Crippen LogP contribution in [0.15, 0.2) is 30.9 Å². The van der Waals surface area contributed by atoms with E-state index in [0.29, 0.717) is 5.82 Å². The first-order valence-corrected chi connectivity index (χ1v) is 6.72. The number of nitrogens with one attached hydrogen (secondary N) is 1. The zero-order chi connectivity index (χ0) is 14.6. The molecular weight excluding hydrogens is 266 g/mol. The van der Waals surface area contributed by atoms with Crippen molar-refractivity contribution in [2.75, 3.05) is 5.32 Å². The van der Waals surface area contributed by atoms with E-state index < -0.39 is 5.92 Å². The van der Waals surface area contributed by atoms with Crippen LogP contribution in [0.3, 0.4) is 0 Å². The maximum absolute atomic E-state index is 12.4. The minimum absolute atomic E-state index is 0.0949. The largest absolute Gasteiger partial charge is 0.310 e. The number of hydrogen-bond donors (Lipinski definition) is 1. The van der Waals surface area contributed by atoms with Gasteiger partial charge in [0, 0.05) is 18.0 Å². The molecular formula is C15H13N5O. The van der Waals surface area contributed by atoms with E-state index in [1.54, 1.807) is 10.7 Å². The van der Waals surface area contributed by atoms with Gasteiger partial charge in [-0.2, -0.15) is 5.10 Å². The maximum atomic E-state index is 12.4. The number of amides is 1. The van der Waals surface area contributed by atoms with E-state index in [1.165, 1.54) is 6.33 Å². The summed E-state index contributed by atoms with van der Waals surface area (Å²) in [4.78, 5) is 21.0. The second kappa shape index (κ2) is 4.12. The first-order valence-electron chi connectivity index (χ1n) is 6.72. The van der Waals surface area contributed by atoms with Gasteiger partial charge in [-0.05, 0) is 31.0 Å². The predicted molar refractivity (Wildman–Crippen MR) is 77.2 cm³/mol. The zero-order valence-corrected chi connectivity index (χ0v) is 11.7. The van der Waals surface area contributed by atoms with E-state index >= 15 is 0 Å². The lowest BCUT2D eigenvalue weighted by atomic mass is 9.96. The lowest BCUT2D eigenvalue weighted by Crippen LogP contribution is -2.16. The summed E-state index contributed by atoms with van der Waals surface area (Å²) in [5, 5.41) is 7.05. The normalized spacial score (nSPS) is 17.0. The second-order valence-electron chi connectivity index (χ2n) is 5.24. The molecule has 0 aliphatic carbocycles. The van der Waals surface area contributed by atoms with Gasteiger partial charge >= 0.3 is 0 Å². The van der Waals surface area contributed by atoms with Gasteiger partial charge < -0.3 is 5.32 Å². The molecule has 0 radical (unpaired) electrons. The summed E-state index contributed by atoms with van der Waals surface area (Å²) >= 11 is 0. The smallest absolute Gasteiger partial charge is 0.239 e. The summed E-state index contributed by atoms with van der Waals surface area (Å²) in [5.41, 5.74) is 4.70. The number of aryl methyl sites for hydroxylation is 2. The van der Waals surface area contributed by atoms with Crippen molar-refractivity contribution in [1.29, 1.82) is 0 Å². The number of pyridine rings is 1. The summed E-state index contributed by atoms with van der Waals surface area (Å²) < 4.78 is 1.79. The molecule has 1 N–H and O–H groups in total. The number of anilines is 1. The third-order valence-electron chi connectivity index (χ3n) is 4.03. The van der Waals surface area contributed by atoms with Gasteiger partial charge in [-0.1, -0.05) is 6.07 Å². The first kappa shape index (κ1) is 12.0. The van der Waals surface area contributed by atoms with E-state index in [1.807, 2.05) is 32.2 Å². The number of fused-ring (bicyclic) bond motifs is 2. The molecule has 1 atom stereocenters. The quantitative estimate of drug-likeness (QED) is 0.737. The summed E-state index contributed by atoms with van der Waals surface area (Å²) in [7, 11) is 0. The molecule has 104 valence electrons. The summed E-state index contributed by atoms with van der Waals surface area (Å²) in [6.45, 7) is 4.05. The molecule has 1 amide bonds. The van der Waals surface area contributed by atoms with Crippen LogP contribution < -0.4 is 5.32 Å². The van der Waals surface area contributed by atoms with Gasteiger partial charge in [0.25, 0.3) is 0 Å². The average molecular weight is 279 g/mol. The van der Waals surface area contributed by atoms with Gasteiger partial charge in [-0.25, -0.2) is 14.5 Å². The third kappa shape index (κ3) is 1.59. The highest BCUT2D eigenvalue weighted by atomic mass is 16.2. The van der Waals surface area contributed by atoms with E-state index in [9.17, 15) is 4.79 Å². The first-order chi connectivity index (χ1) is 10.2. The Bertz CT molecular complexity index is 883. The maximum Gasteiger partial charge on any atom is 0.239 e. The molecule has 0 spiro atoms. The number of nitrogens with zero attached hydrogens (tertiary/aromatic N) is 4. The average Bonchev–Trinajstić information content (AvgIpc) is 2.96. The Morgan fingerprint density at radius 3 is 3.00 bits per heavy atom. The lowest BCUT2D eigenvalue weighted by Gasteiger charge is -2.10. The minimum atomic E-state index is -0.438. The van der Waals surface area contributed by atoms with Crippen molar-refractivity contribution in [2.45, 2.75) is 19.8 Å². The molecule has 6 nitrogen and oxygen atoms in total. The number of carbonyl (C=O) groups is 1. The lowest BCUT2D eigenvalue weighted by molar-refractivity contribution is -0.116. The van der Waals surface area contributed by atoms with Crippen LogP contribution in [0.5, 0.6) is 0 Å². The molecule has 0 saturated heterocycles. The van der Waals surface area contributed by atoms with Crippen molar-refractivity contribution in [3.8, 4) is 0 Å². The molecule has 3 aromatic rings. The van der Waals surface area contributed by atoms with Crippen LogP contribution in [0.25, 0.3) is 5.52 Å². The van der Waals surface area contributed by atoms with Crippen LogP contribution in [0.4, 0.5) is 5.82 Å². The Morgan fingerprint density at radius 1 is 1.29 bits per heavy atom. The fourth-order valence-electron chi connectivity index (χ4n) is 2.88. The fourth-order valence-corrected chi connectivity index (χ4v) is 2.88. The molecule has 1 unspecified atom stereocenters. The highest BCUT2D eigenvalue weighted by Gasteiger charge is 2.35. The standard InChI is InChI=1S/C15H13N5O/c1-8-6-20-13(9(8)2)12(17-7-18-20)11-10-4-3-5-16-14(10)19-15(11)21/h3-7,11H,1-2H3,(H,16,19,21). The Hall–Kier alpha value is -2.76. The topological polar surface area (TPSA) is 72.2 Å². The van der Waals surface area contributed by atoms with Gasteiger partial charge in [0.2, 0.25) is 5.91 Å². The van der Waals surface area contributed by atoms with Crippen molar-refractivity contribution in [3.63, 3.8) is 0 Å². The molecule has 1 aliphatic heterocycles. The van der Waals surface area contributed by atoms with E-state index in [0.717, 1.165) is 27.9 Å². The zero-order valence-electron chi connectivity index (χ0n) is 11.7. The van der Waals surface area contributed by atoms with Crippen LogP contribution in [0.1, 0.15) is 28.3 Å². The molecule has 4 heterocycles. The number of aromatic nitrogens is 4. The molecule has 0 bridgehead atoms. The number of carbonyl (C=O) groups excluding carboxylic acids is 1. The molecule has 6 heteroatoms. The van der Waals surface area contributed by atoms with Crippen molar-refractivity contribution < 1.29 is 4.79 Å². The monoisotopic (exact) mass is 279 g/mol. The highest BCUT2D eigenvalue weighted by molar-refractivity contribution is 6.04. The van der Waals surface area contributed by atoms with Crippen molar-refractivity contribution in [1.82, 2.24) is 19.6 Å². The van der Waals surface area contributed by atoms with Crippen LogP contribution in [-0.4, -0.2) is 25.5 Å². The Kier molecular flexibility index (Phi) is 2.35. The molecule has 0 fully saturated rings. The summed E-state index contributed by atoms with van der Waals surface area (Å²) in [6.07, 6.45) is 5.11. The Labute approximate surface area is 120 Å². The summed E-state index contributed by atoms with van der Waals surface area (Å²) in [6, 6.07) is 3.75.